The molecule has 2 aromatic carbocycles. The number of fused-ring (bicyclic) bond motifs is 1. The van der Waals surface area contributed by atoms with Gasteiger partial charge in [-0.25, -0.2) is 5.43 Å². The molecule has 0 unspecified atom stereocenters. The fourth-order valence-electron chi connectivity index (χ4n) is 3.31. The molecule has 2 aliphatic heterocycles. The first kappa shape index (κ1) is 17.4. The lowest BCUT2D eigenvalue weighted by Gasteiger charge is -2.28. The molecule has 2 heterocycles. The van der Waals surface area contributed by atoms with E-state index in [0.717, 1.165) is 18.7 Å². The molecule has 0 spiro atoms. The molecule has 1 N–H and O–H groups in total. The van der Waals surface area contributed by atoms with Gasteiger partial charge in [0.1, 0.15) is 6.61 Å². The minimum absolute atomic E-state index is 0.170. The summed E-state index contributed by atoms with van der Waals surface area (Å²) in [5, 5.41) is 4.04. The van der Waals surface area contributed by atoms with Gasteiger partial charge < -0.3 is 14.4 Å². The second-order valence-corrected chi connectivity index (χ2v) is 6.74. The van der Waals surface area contributed by atoms with Crippen LogP contribution in [0.4, 0.5) is 5.69 Å². The first-order valence-corrected chi connectivity index (χ1v) is 9.36. The Labute approximate surface area is 158 Å². The van der Waals surface area contributed by atoms with E-state index >= 15 is 0 Å². The van der Waals surface area contributed by atoms with Crippen molar-refractivity contribution in [3.05, 3.63) is 54.1 Å². The van der Waals surface area contributed by atoms with E-state index in [1.54, 1.807) is 12.3 Å². The molecule has 1 amide bonds. The normalized spacial score (nSPS) is 19.1. The Morgan fingerprint density at radius 1 is 1.04 bits per heavy atom. The fraction of sp³-hybridized carbons (Fsp3) is 0.333. The molecule has 140 valence electrons. The number of piperidine rings is 1. The number of amides is 1. The Hall–Kier alpha value is -3.02. The SMILES string of the molecule is O=C(N/N=C\c1ccc(N2CCCCC2)cc1)[C@@H]1COc2ccccc2O1. The predicted octanol–water partition coefficient (Wildman–Crippen LogP) is 2.97. The van der Waals surface area contributed by atoms with E-state index in [1.807, 2.05) is 30.3 Å². The predicted molar refractivity (Wildman–Crippen MR) is 105 cm³/mol. The summed E-state index contributed by atoms with van der Waals surface area (Å²) in [6, 6.07) is 15.5. The standard InChI is InChI=1S/C21H23N3O3/c25-21(20-15-26-18-6-2-3-7-19(18)27-20)23-22-14-16-8-10-17(11-9-16)24-12-4-1-5-13-24/h2-3,6-11,14,20H,1,4-5,12-13,15H2,(H,23,25)/b22-14-/t20-/m0/s1. The number of carbonyl (C=O) groups excluding carboxylic acids is 1. The number of nitrogens with zero attached hydrogens (tertiary/aromatic N) is 2. The Morgan fingerprint density at radius 3 is 2.56 bits per heavy atom. The maximum Gasteiger partial charge on any atom is 0.284 e. The zero-order valence-electron chi connectivity index (χ0n) is 15.1. The molecule has 1 fully saturated rings. The zero-order valence-corrected chi connectivity index (χ0v) is 15.1. The Morgan fingerprint density at radius 2 is 1.78 bits per heavy atom. The average Bonchev–Trinajstić information content (AvgIpc) is 2.74. The molecule has 6 heteroatoms. The number of ether oxygens (including phenoxy) is 2. The third-order valence-electron chi connectivity index (χ3n) is 4.80. The van der Waals surface area contributed by atoms with Crippen LogP contribution in [0.15, 0.2) is 53.6 Å². The minimum Gasteiger partial charge on any atom is -0.485 e. The monoisotopic (exact) mass is 365 g/mol. The van der Waals surface area contributed by atoms with Crippen LogP contribution in [0.2, 0.25) is 0 Å². The van der Waals surface area contributed by atoms with Crippen molar-refractivity contribution in [3.63, 3.8) is 0 Å². The molecule has 27 heavy (non-hydrogen) atoms. The van der Waals surface area contributed by atoms with Crippen molar-refractivity contribution < 1.29 is 14.3 Å². The van der Waals surface area contributed by atoms with Crippen molar-refractivity contribution in [2.75, 3.05) is 24.6 Å². The third kappa shape index (κ3) is 4.22. The molecule has 6 nitrogen and oxygen atoms in total. The number of rotatable bonds is 4. The first-order chi connectivity index (χ1) is 13.3. The van der Waals surface area contributed by atoms with Gasteiger partial charge in [0, 0.05) is 18.8 Å². The molecule has 0 aromatic heterocycles. The van der Waals surface area contributed by atoms with Crippen LogP contribution in [-0.4, -0.2) is 37.9 Å². The van der Waals surface area contributed by atoms with Crippen molar-refractivity contribution in [2.24, 2.45) is 5.10 Å². The van der Waals surface area contributed by atoms with Gasteiger partial charge in [-0.1, -0.05) is 24.3 Å². The Kier molecular flexibility index (Phi) is 5.23. The summed E-state index contributed by atoms with van der Waals surface area (Å²) in [6.45, 7) is 2.41. The molecular formula is C21H23N3O3. The van der Waals surface area contributed by atoms with Gasteiger partial charge in [0.25, 0.3) is 5.91 Å². The Bertz CT molecular complexity index is 814. The molecule has 2 aliphatic rings. The van der Waals surface area contributed by atoms with Crippen LogP contribution in [0, 0.1) is 0 Å². The van der Waals surface area contributed by atoms with Crippen LogP contribution in [0.3, 0.4) is 0 Å². The van der Waals surface area contributed by atoms with E-state index in [4.69, 9.17) is 9.47 Å². The molecular weight excluding hydrogens is 342 g/mol. The van der Waals surface area contributed by atoms with Crippen molar-refractivity contribution >= 4 is 17.8 Å². The summed E-state index contributed by atoms with van der Waals surface area (Å²) in [7, 11) is 0. The van der Waals surface area contributed by atoms with Gasteiger partial charge in [-0.2, -0.15) is 5.10 Å². The van der Waals surface area contributed by atoms with Crippen LogP contribution in [0.5, 0.6) is 11.5 Å². The molecule has 4 rings (SSSR count). The molecule has 0 saturated carbocycles. The van der Waals surface area contributed by atoms with Gasteiger partial charge in [0.15, 0.2) is 11.5 Å². The van der Waals surface area contributed by atoms with Crippen LogP contribution >= 0.6 is 0 Å². The summed E-state index contributed by atoms with van der Waals surface area (Å²) in [5.41, 5.74) is 4.70. The first-order valence-electron chi connectivity index (χ1n) is 9.36. The molecule has 2 aromatic rings. The lowest BCUT2D eigenvalue weighted by atomic mass is 10.1. The Balaban J connectivity index is 1.30. The second-order valence-electron chi connectivity index (χ2n) is 6.74. The lowest BCUT2D eigenvalue weighted by molar-refractivity contribution is -0.130. The summed E-state index contributed by atoms with van der Waals surface area (Å²) in [5.74, 6) is 0.894. The number of benzene rings is 2. The minimum atomic E-state index is -0.710. The lowest BCUT2D eigenvalue weighted by Crippen LogP contribution is -2.42. The van der Waals surface area contributed by atoms with Crippen LogP contribution in [-0.2, 0) is 4.79 Å². The van der Waals surface area contributed by atoms with Crippen LogP contribution in [0.25, 0.3) is 0 Å². The maximum atomic E-state index is 12.2. The fourth-order valence-corrected chi connectivity index (χ4v) is 3.31. The third-order valence-corrected chi connectivity index (χ3v) is 4.80. The molecule has 1 saturated heterocycles. The van der Waals surface area contributed by atoms with Gasteiger partial charge in [-0.05, 0) is 49.1 Å². The van der Waals surface area contributed by atoms with Crippen molar-refractivity contribution in [1.29, 1.82) is 0 Å². The number of anilines is 1. The number of hydrogen-bond acceptors (Lipinski definition) is 5. The van der Waals surface area contributed by atoms with E-state index in [2.05, 4.69) is 27.6 Å². The highest BCUT2D eigenvalue weighted by Crippen LogP contribution is 2.30. The van der Waals surface area contributed by atoms with Gasteiger partial charge in [0.2, 0.25) is 6.10 Å². The quantitative estimate of drug-likeness (QED) is 0.668. The summed E-state index contributed by atoms with van der Waals surface area (Å²) in [4.78, 5) is 14.6. The van der Waals surface area contributed by atoms with E-state index in [9.17, 15) is 4.79 Å². The van der Waals surface area contributed by atoms with Crippen LogP contribution < -0.4 is 19.8 Å². The summed E-state index contributed by atoms with van der Waals surface area (Å²) in [6.07, 6.45) is 4.76. The van der Waals surface area contributed by atoms with Gasteiger partial charge in [0.05, 0.1) is 6.21 Å². The second kappa shape index (κ2) is 8.12. The van der Waals surface area contributed by atoms with Gasteiger partial charge in [-0.3, -0.25) is 4.79 Å². The number of hydrogen-bond donors (Lipinski definition) is 1. The van der Waals surface area contributed by atoms with E-state index in [-0.39, 0.29) is 12.5 Å². The van der Waals surface area contributed by atoms with Crippen molar-refractivity contribution in [2.45, 2.75) is 25.4 Å². The van der Waals surface area contributed by atoms with E-state index in [0.29, 0.717) is 11.5 Å². The number of carbonyl (C=O) groups is 1. The highest BCUT2D eigenvalue weighted by atomic mass is 16.6. The molecule has 0 radical (unpaired) electrons. The molecule has 0 bridgehead atoms. The van der Waals surface area contributed by atoms with E-state index < -0.39 is 6.10 Å². The largest absolute Gasteiger partial charge is 0.485 e. The average molecular weight is 365 g/mol. The number of hydrazone groups is 1. The maximum absolute atomic E-state index is 12.2. The highest BCUT2D eigenvalue weighted by molar-refractivity contribution is 5.85. The van der Waals surface area contributed by atoms with Gasteiger partial charge in [-0.15, -0.1) is 0 Å². The van der Waals surface area contributed by atoms with Gasteiger partial charge >= 0.3 is 0 Å². The number of para-hydroxylation sites is 2. The topological polar surface area (TPSA) is 63.2 Å². The van der Waals surface area contributed by atoms with Crippen molar-refractivity contribution in [3.8, 4) is 11.5 Å². The molecule has 0 aliphatic carbocycles. The van der Waals surface area contributed by atoms with E-state index in [1.165, 1.54) is 24.9 Å². The highest BCUT2D eigenvalue weighted by Gasteiger charge is 2.26. The zero-order chi connectivity index (χ0) is 18.5. The summed E-state index contributed by atoms with van der Waals surface area (Å²) >= 11 is 0. The molecule has 1 atom stereocenters. The number of nitrogens with one attached hydrogen (secondary N) is 1. The van der Waals surface area contributed by atoms with Crippen molar-refractivity contribution in [1.82, 2.24) is 5.43 Å². The smallest absolute Gasteiger partial charge is 0.284 e. The van der Waals surface area contributed by atoms with Crippen LogP contribution in [0.1, 0.15) is 24.8 Å². The summed E-state index contributed by atoms with van der Waals surface area (Å²) < 4.78 is 11.2.